The number of nitriles is 1. The number of amides is 1. The number of Topliss-reactive ketones (excluding diaryl/α,β-unsaturated/α-hetero) is 1. The molecule has 4 rings (SSSR count). The molecule has 0 bridgehead atoms. The molecule has 1 aliphatic carbocycles. The van der Waals surface area contributed by atoms with Gasteiger partial charge in [0.2, 0.25) is 5.91 Å². The lowest BCUT2D eigenvalue weighted by molar-refractivity contribution is -0.122. The zero-order chi connectivity index (χ0) is 23.5. The Bertz CT molecular complexity index is 1420. The number of carbonyl (C=O) groups excluding carboxylic acids is 2. The van der Waals surface area contributed by atoms with E-state index in [1.54, 1.807) is 30.3 Å². The van der Waals surface area contributed by atoms with Crippen LogP contribution in [0.15, 0.2) is 39.6 Å². The molecule has 2 heterocycles. The Hall–Kier alpha value is -2.51. The summed E-state index contributed by atoms with van der Waals surface area (Å²) in [6, 6.07) is 10.8. The molecule has 33 heavy (non-hydrogen) atoms. The van der Waals surface area contributed by atoms with Crippen LogP contribution in [0.3, 0.4) is 0 Å². The first-order chi connectivity index (χ1) is 15.8. The number of halogens is 2. The van der Waals surface area contributed by atoms with E-state index in [0.717, 1.165) is 27.8 Å². The van der Waals surface area contributed by atoms with Gasteiger partial charge in [-0.2, -0.15) is 5.26 Å². The molecule has 6 nitrogen and oxygen atoms in total. The number of ketones is 1. The van der Waals surface area contributed by atoms with E-state index in [9.17, 15) is 14.4 Å². The number of hydrogen-bond donors (Lipinski definition) is 1. The van der Waals surface area contributed by atoms with Crippen LogP contribution in [0.4, 0.5) is 0 Å². The molecule has 1 aromatic carbocycles. The summed E-state index contributed by atoms with van der Waals surface area (Å²) in [5, 5.41) is 11.7. The van der Waals surface area contributed by atoms with Gasteiger partial charge in [-0.3, -0.25) is 19.0 Å². The van der Waals surface area contributed by atoms with Crippen molar-refractivity contribution in [3.8, 4) is 6.07 Å². The van der Waals surface area contributed by atoms with Gasteiger partial charge in [0.05, 0.1) is 16.2 Å². The fourth-order valence-corrected chi connectivity index (χ4v) is 5.86. The van der Waals surface area contributed by atoms with E-state index in [1.807, 2.05) is 12.1 Å². The van der Waals surface area contributed by atoms with E-state index >= 15 is 0 Å². The monoisotopic (exact) mass is 561 g/mol. The molecule has 10 heteroatoms. The van der Waals surface area contributed by atoms with Gasteiger partial charge in [0.1, 0.15) is 15.5 Å². The zero-order valence-electron chi connectivity index (χ0n) is 17.1. The fourth-order valence-electron chi connectivity index (χ4n) is 3.06. The van der Waals surface area contributed by atoms with Crippen LogP contribution >= 0.6 is 50.2 Å². The van der Waals surface area contributed by atoms with Crippen molar-refractivity contribution in [1.29, 1.82) is 5.26 Å². The lowest BCUT2D eigenvalue weighted by Crippen LogP contribution is -2.38. The largest absolute Gasteiger partial charge is 0.350 e. The molecule has 3 aromatic rings. The van der Waals surface area contributed by atoms with E-state index < -0.39 is 0 Å². The maximum atomic E-state index is 13.1. The van der Waals surface area contributed by atoms with Crippen LogP contribution in [0.1, 0.15) is 28.8 Å². The lowest BCUT2D eigenvalue weighted by Gasteiger charge is -2.06. The summed E-state index contributed by atoms with van der Waals surface area (Å²) in [6.07, 6.45) is 4.91. The molecule has 1 aliphatic rings. The number of hydrogen-bond acceptors (Lipinski definition) is 6. The summed E-state index contributed by atoms with van der Waals surface area (Å²) in [5.74, 6) is -0.349. The second kappa shape index (κ2) is 10.2. The molecule has 0 spiro atoms. The topological polar surface area (TPSA) is 92.0 Å². The predicted octanol–water partition coefficient (Wildman–Crippen LogP) is 3.16. The van der Waals surface area contributed by atoms with Gasteiger partial charge in [0, 0.05) is 27.9 Å². The Kier molecular flexibility index (Phi) is 7.29. The van der Waals surface area contributed by atoms with Crippen molar-refractivity contribution in [2.24, 2.45) is 5.92 Å². The van der Waals surface area contributed by atoms with Gasteiger partial charge >= 0.3 is 0 Å². The van der Waals surface area contributed by atoms with Crippen molar-refractivity contribution < 1.29 is 9.59 Å². The highest BCUT2D eigenvalue weighted by atomic mass is 79.9. The Morgan fingerprint density at radius 1 is 1.27 bits per heavy atom. The average molecular weight is 563 g/mol. The normalized spacial score (nSPS) is 14.3. The number of rotatable bonds is 7. The second-order valence-corrected chi connectivity index (χ2v) is 11.1. The molecule has 1 N–H and O–H groups in total. The molecule has 0 aliphatic heterocycles. The Labute approximate surface area is 210 Å². The highest BCUT2D eigenvalue weighted by Gasteiger charge is 2.28. The SMILES string of the molecule is N#Cc1ccc(CNC(=O)Cn2c(=O)/c(=C\c3cc(Br)c(Cl)s3)s/c2=C\C(=O)C2CC2)cc1. The molecule has 0 atom stereocenters. The number of nitrogens with one attached hydrogen (secondary N) is 1. The summed E-state index contributed by atoms with van der Waals surface area (Å²) >= 11 is 12.0. The van der Waals surface area contributed by atoms with Gasteiger partial charge in [0.25, 0.3) is 5.56 Å². The molecule has 2 aromatic heterocycles. The second-order valence-electron chi connectivity index (χ2n) is 7.52. The van der Waals surface area contributed by atoms with Crippen LogP contribution in [0.5, 0.6) is 0 Å². The van der Waals surface area contributed by atoms with Gasteiger partial charge < -0.3 is 5.32 Å². The minimum Gasteiger partial charge on any atom is -0.350 e. The Morgan fingerprint density at radius 2 is 2.00 bits per heavy atom. The molecule has 0 saturated heterocycles. The van der Waals surface area contributed by atoms with E-state index in [0.29, 0.717) is 19.1 Å². The number of benzene rings is 1. The van der Waals surface area contributed by atoms with Gasteiger partial charge in [-0.1, -0.05) is 23.7 Å². The van der Waals surface area contributed by atoms with E-state index in [4.69, 9.17) is 16.9 Å². The minimum absolute atomic E-state index is 0.0142. The summed E-state index contributed by atoms with van der Waals surface area (Å²) in [4.78, 5) is 38.9. The molecule has 1 saturated carbocycles. The van der Waals surface area contributed by atoms with Crippen molar-refractivity contribution in [3.05, 3.63) is 74.7 Å². The summed E-state index contributed by atoms with van der Waals surface area (Å²) in [6.45, 7) is 0.0717. The molecule has 1 fully saturated rings. The van der Waals surface area contributed by atoms with Crippen molar-refractivity contribution in [1.82, 2.24) is 9.88 Å². The summed E-state index contributed by atoms with van der Waals surface area (Å²) in [7, 11) is 0. The third-order valence-corrected chi connectivity index (χ3v) is 8.48. The number of aromatic nitrogens is 1. The van der Waals surface area contributed by atoms with Crippen molar-refractivity contribution in [2.45, 2.75) is 25.9 Å². The molecule has 0 unspecified atom stereocenters. The Morgan fingerprint density at radius 3 is 2.61 bits per heavy atom. The molecular formula is C23H17BrClN3O3S2. The van der Waals surface area contributed by atoms with Gasteiger partial charge in [-0.25, -0.2) is 0 Å². The smallest absolute Gasteiger partial charge is 0.269 e. The van der Waals surface area contributed by atoms with Crippen LogP contribution in [0, 0.1) is 17.2 Å². The summed E-state index contributed by atoms with van der Waals surface area (Å²) < 4.78 is 3.55. The molecule has 1 amide bonds. The predicted molar refractivity (Wildman–Crippen MR) is 134 cm³/mol. The molecule has 0 radical (unpaired) electrons. The van der Waals surface area contributed by atoms with Crippen LogP contribution in [-0.2, 0) is 22.7 Å². The summed E-state index contributed by atoms with van der Waals surface area (Å²) in [5.41, 5.74) is 1.05. The van der Waals surface area contributed by atoms with Gasteiger partial charge in [-0.05, 0) is 58.6 Å². The average Bonchev–Trinajstić information content (AvgIpc) is 3.56. The molecule has 168 valence electrons. The van der Waals surface area contributed by atoms with Crippen LogP contribution in [-0.4, -0.2) is 16.3 Å². The number of carbonyl (C=O) groups is 2. The van der Waals surface area contributed by atoms with E-state index in [1.165, 1.54) is 33.3 Å². The van der Waals surface area contributed by atoms with Crippen molar-refractivity contribution >= 4 is 74.0 Å². The highest BCUT2D eigenvalue weighted by Crippen LogP contribution is 2.32. The zero-order valence-corrected chi connectivity index (χ0v) is 21.1. The van der Waals surface area contributed by atoms with E-state index in [-0.39, 0.29) is 36.3 Å². The third-order valence-electron chi connectivity index (χ3n) is 4.99. The number of thiazole rings is 1. The van der Waals surface area contributed by atoms with Crippen LogP contribution < -0.4 is 20.1 Å². The highest BCUT2D eigenvalue weighted by molar-refractivity contribution is 9.10. The van der Waals surface area contributed by atoms with Crippen molar-refractivity contribution in [2.75, 3.05) is 0 Å². The number of nitrogens with zero attached hydrogens (tertiary/aromatic N) is 2. The van der Waals surface area contributed by atoms with E-state index in [2.05, 4.69) is 21.2 Å². The van der Waals surface area contributed by atoms with Crippen LogP contribution in [0.25, 0.3) is 12.2 Å². The first-order valence-electron chi connectivity index (χ1n) is 10.0. The third kappa shape index (κ3) is 5.89. The lowest BCUT2D eigenvalue weighted by atomic mass is 10.1. The minimum atomic E-state index is -0.346. The number of thiophene rings is 1. The standard InChI is InChI=1S/C23H17BrClN3O3S2/c24-17-7-16(32-22(17)25)8-19-23(31)28(21(33-19)9-18(29)15-5-6-15)12-20(30)27-11-14-3-1-13(10-26)2-4-14/h1-4,7-9,15H,5-6,11-12H2,(H,27,30)/b19-8+,21-9-. The Balaban J connectivity index is 1.60. The van der Waals surface area contributed by atoms with Crippen LogP contribution in [0.2, 0.25) is 4.34 Å². The fraction of sp³-hybridized carbons (Fsp3) is 0.217. The first kappa shape index (κ1) is 23.6. The van der Waals surface area contributed by atoms with Gasteiger partial charge in [-0.15, -0.1) is 22.7 Å². The molecular weight excluding hydrogens is 546 g/mol. The first-order valence-corrected chi connectivity index (χ1v) is 12.8. The quantitative estimate of drug-likeness (QED) is 0.479. The maximum Gasteiger partial charge on any atom is 0.269 e. The maximum absolute atomic E-state index is 13.1. The van der Waals surface area contributed by atoms with Crippen molar-refractivity contribution in [3.63, 3.8) is 0 Å². The van der Waals surface area contributed by atoms with Gasteiger partial charge in [0.15, 0.2) is 5.78 Å².